The molecule has 2 aliphatic rings. The number of carbonyl (C=O) groups excluding carboxylic acids is 1. The Labute approximate surface area is 193 Å². The van der Waals surface area contributed by atoms with Crippen molar-refractivity contribution in [3.8, 4) is 5.75 Å². The van der Waals surface area contributed by atoms with E-state index in [4.69, 9.17) is 10.7 Å². The maximum Gasteiger partial charge on any atom is 0.240 e. The van der Waals surface area contributed by atoms with Crippen LogP contribution in [0.25, 0.3) is 0 Å². The third kappa shape index (κ3) is 4.47. The zero-order chi connectivity index (χ0) is 22.8. The lowest BCUT2D eigenvalue weighted by Crippen LogP contribution is -2.56. The molecule has 33 heavy (non-hydrogen) atoms. The molecule has 0 saturated heterocycles. The quantitative estimate of drug-likeness (QED) is 0.569. The summed E-state index contributed by atoms with van der Waals surface area (Å²) < 4.78 is 0. The van der Waals surface area contributed by atoms with Gasteiger partial charge in [-0.15, -0.1) is 0 Å². The van der Waals surface area contributed by atoms with Crippen LogP contribution in [0.3, 0.4) is 0 Å². The maximum atomic E-state index is 13.6. The molecule has 0 saturated carbocycles. The molecule has 0 spiro atoms. The first-order valence-electron chi connectivity index (χ1n) is 11.3. The van der Waals surface area contributed by atoms with Gasteiger partial charge in [0.05, 0.1) is 24.7 Å². The summed E-state index contributed by atoms with van der Waals surface area (Å²) in [7, 11) is 0. The molecule has 1 amide bonds. The summed E-state index contributed by atoms with van der Waals surface area (Å²) in [5, 5.41) is 13.1. The molecular formula is C27H28N4O2. The van der Waals surface area contributed by atoms with E-state index < -0.39 is 6.04 Å². The first-order chi connectivity index (χ1) is 16.1. The molecule has 1 unspecified atom stereocenters. The third-order valence-corrected chi connectivity index (χ3v) is 6.52. The summed E-state index contributed by atoms with van der Waals surface area (Å²) in [5.74, 6) is 0.961. The molecule has 3 aromatic carbocycles. The predicted molar refractivity (Wildman–Crippen MR) is 129 cm³/mol. The van der Waals surface area contributed by atoms with Gasteiger partial charge in [-0.2, -0.15) is 0 Å². The number of benzene rings is 3. The van der Waals surface area contributed by atoms with E-state index in [1.807, 2.05) is 35.2 Å². The smallest absolute Gasteiger partial charge is 0.240 e. The SMILES string of the molecule is N[C@@H](Cc1ccc(O)cc1)C(=O)N1Cc2ccccc2C[C@H]1C1=NCC(c2ccccc2)N1. The standard InChI is InChI=1S/C27H28N4O2/c28-23(14-18-10-12-22(32)13-11-18)27(33)31-17-21-9-5-4-8-20(21)15-25(31)26-29-16-24(30-26)19-6-2-1-3-7-19/h1-13,23-25,32H,14-17,28H2,(H,29,30)/t23-,24?,25-/m0/s1. The fourth-order valence-electron chi connectivity index (χ4n) is 4.72. The largest absolute Gasteiger partial charge is 0.508 e. The van der Waals surface area contributed by atoms with Crippen molar-refractivity contribution in [1.82, 2.24) is 10.2 Å². The van der Waals surface area contributed by atoms with Crippen molar-refractivity contribution in [3.05, 3.63) is 101 Å². The predicted octanol–water partition coefficient (Wildman–Crippen LogP) is 2.96. The molecule has 0 fully saturated rings. The van der Waals surface area contributed by atoms with E-state index in [0.29, 0.717) is 25.9 Å². The van der Waals surface area contributed by atoms with Crippen LogP contribution in [0.2, 0.25) is 0 Å². The zero-order valence-electron chi connectivity index (χ0n) is 18.4. The number of aliphatic imine (C=N–C) groups is 1. The Kier molecular flexibility index (Phi) is 5.84. The lowest BCUT2D eigenvalue weighted by atomic mass is 9.92. The van der Waals surface area contributed by atoms with Crippen LogP contribution in [0.5, 0.6) is 5.75 Å². The zero-order valence-corrected chi connectivity index (χ0v) is 18.4. The maximum absolute atomic E-state index is 13.6. The molecule has 0 aliphatic carbocycles. The lowest BCUT2D eigenvalue weighted by Gasteiger charge is -2.38. The van der Waals surface area contributed by atoms with E-state index in [0.717, 1.165) is 17.0 Å². The number of hydrogen-bond donors (Lipinski definition) is 3. The van der Waals surface area contributed by atoms with Crippen molar-refractivity contribution in [3.63, 3.8) is 0 Å². The fraction of sp³-hybridized carbons (Fsp3) is 0.259. The Hall–Kier alpha value is -3.64. The van der Waals surface area contributed by atoms with Gasteiger partial charge < -0.3 is 21.1 Å². The fourth-order valence-corrected chi connectivity index (χ4v) is 4.72. The second-order valence-electron chi connectivity index (χ2n) is 8.77. The van der Waals surface area contributed by atoms with Gasteiger partial charge >= 0.3 is 0 Å². The van der Waals surface area contributed by atoms with E-state index >= 15 is 0 Å². The Morgan fingerprint density at radius 3 is 2.48 bits per heavy atom. The highest BCUT2D eigenvalue weighted by Gasteiger charge is 2.37. The van der Waals surface area contributed by atoms with Gasteiger partial charge in [-0.05, 0) is 40.8 Å². The normalized spacial score (nSPS) is 20.5. The van der Waals surface area contributed by atoms with Gasteiger partial charge in [0.15, 0.2) is 0 Å². The molecule has 5 rings (SSSR count). The summed E-state index contributed by atoms with van der Waals surface area (Å²) >= 11 is 0. The second-order valence-corrected chi connectivity index (χ2v) is 8.77. The van der Waals surface area contributed by atoms with E-state index in [9.17, 15) is 9.90 Å². The highest BCUT2D eigenvalue weighted by molar-refractivity contribution is 5.94. The lowest BCUT2D eigenvalue weighted by molar-refractivity contribution is -0.134. The number of nitrogens with two attached hydrogens (primary N) is 1. The summed E-state index contributed by atoms with van der Waals surface area (Å²) in [6.07, 6.45) is 1.12. The molecule has 3 atom stereocenters. The second kappa shape index (κ2) is 9.08. The topological polar surface area (TPSA) is 91.0 Å². The number of rotatable bonds is 5. The van der Waals surface area contributed by atoms with Crippen LogP contribution in [-0.4, -0.2) is 40.4 Å². The van der Waals surface area contributed by atoms with Gasteiger partial charge in [-0.25, -0.2) is 0 Å². The first kappa shape index (κ1) is 21.2. The molecule has 0 bridgehead atoms. The van der Waals surface area contributed by atoms with E-state index in [1.165, 1.54) is 11.1 Å². The minimum Gasteiger partial charge on any atom is -0.508 e. The molecule has 168 valence electrons. The van der Waals surface area contributed by atoms with Gasteiger partial charge in [0.1, 0.15) is 11.6 Å². The minimum absolute atomic E-state index is 0.0877. The number of fused-ring (bicyclic) bond motifs is 1. The number of amides is 1. The van der Waals surface area contributed by atoms with Crippen LogP contribution in [0.1, 0.15) is 28.3 Å². The molecule has 2 aliphatic heterocycles. The Morgan fingerprint density at radius 1 is 1.03 bits per heavy atom. The minimum atomic E-state index is -0.672. The van der Waals surface area contributed by atoms with Crippen molar-refractivity contribution in [1.29, 1.82) is 0 Å². The summed E-state index contributed by atoms with van der Waals surface area (Å²) in [6.45, 7) is 1.17. The number of nitrogens with one attached hydrogen (secondary N) is 1. The molecule has 6 nitrogen and oxygen atoms in total. The molecule has 0 radical (unpaired) electrons. The Balaban J connectivity index is 1.37. The molecule has 4 N–H and O–H groups in total. The van der Waals surface area contributed by atoms with Crippen LogP contribution in [-0.2, 0) is 24.2 Å². The van der Waals surface area contributed by atoms with Gasteiger partial charge in [0, 0.05) is 13.0 Å². The van der Waals surface area contributed by atoms with Gasteiger partial charge in [-0.3, -0.25) is 9.79 Å². The molecule has 2 heterocycles. The third-order valence-electron chi connectivity index (χ3n) is 6.52. The van der Waals surface area contributed by atoms with E-state index in [2.05, 4.69) is 29.6 Å². The Morgan fingerprint density at radius 2 is 1.73 bits per heavy atom. The number of amidine groups is 1. The average molecular weight is 441 g/mol. The number of phenolic OH excluding ortho intramolecular Hbond substituents is 1. The van der Waals surface area contributed by atoms with Crippen molar-refractivity contribution in [2.45, 2.75) is 37.5 Å². The summed E-state index contributed by atoms with van der Waals surface area (Å²) in [5.41, 5.74) is 10.9. The van der Waals surface area contributed by atoms with E-state index in [-0.39, 0.29) is 23.7 Å². The highest BCUT2D eigenvalue weighted by atomic mass is 16.3. The molecular weight excluding hydrogens is 412 g/mol. The van der Waals surface area contributed by atoms with Crippen LogP contribution in [0.4, 0.5) is 0 Å². The number of carbonyl (C=O) groups is 1. The van der Waals surface area contributed by atoms with Crippen molar-refractivity contribution >= 4 is 11.7 Å². The Bertz CT molecular complexity index is 1160. The molecule has 6 heteroatoms. The van der Waals surface area contributed by atoms with Gasteiger partial charge in [0.25, 0.3) is 0 Å². The molecule has 3 aromatic rings. The van der Waals surface area contributed by atoms with E-state index in [1.54, 1.807) is 24.3 Å². The number of phenols is 1. The van der Waals surface area contributed by atoms with Crippen LogP contribution < -0.4 is 11.1 Å². The van der Waals surface area contributed by atoms with Crippen molar-refractivity contribution in [2.24, 2.45) is 10.7 Å². The first-order valence-corrected chi connectivity index (χ1v) is 11.3. The monoisotopic (exact) mass is 440 g/mol. The summed E-state index contributed by atoms with van der Waals surface area (Å²) in [6, 6.07) is 24.6. The summed E-state index contributed by atoms with van der Waals surface area (Å²) in [4.78, 5) is 20.3. The average Bonchev–Trinajstić information content (AvgIpc) is 3.35. The van der Waals surface area contributed by atoms with Crippen LogP contribution >= 0.6 is 0 Å². The molecule has 0 aromatic heterocycles. The van der Waals surface area contributed by atoms with Crippen molar-refractivity contribution < 1.29 is 9.90 Å². The highest BCUT2D eigenvalue weighted by Crippen LogP contribution is 2.27. The number of aromatic hydroxyl groups is 1. The van der Waals surface area contributed by atoms with Crippen LogP contribution in [0, 0.1) is 0 Å². The van der Waals surface area contributed by atoms with Gasteiger partial charge in [0.2, 0.25) is 5.91 Å². The number of hydrogen-bond acceptors (Lipinski definition) is 5. The van der Waals surface area contributed by atoms with Crippen molar-refractivity contribution in [2.75, 3.05) is 6.54 Å². The number of nitrogens with zero attached hydrogens (tertiary/aromatic N) is 2. The van der Waals surface area contributed by atoms with Gasteiger partial charge in [-0.1, -0.05) is 66.7 Å². The van der Waals surface area contributed by atoms with Crippen LogP contribution in [0.15, 0.2) is 83.9 Å².